The van der Waals surface area contributed by atoms with E-state index in [0.29, 0.717) is 11.6 Å². The van der Waals surface area contributed by atoms with Crippen molar-refractivity contribution in [2.75, 3.05) is 25.5 Å². The topological polar surface area (TPSA) is 163 Å². The van der Waals surface area contributed by atoms with E-state index in [0.717, 1.165) is 5.56 Å². The number of pyridine rings is 1. The maximum absolute atomic E-state index is 14.5. The number of carbonyl (C=O) groups excluding carboxylic acids is 4. The summed E-state index contributed by atoms with van der Waals surface area (Å²) in [7, 11) is 1.22. The molecular weight excluding hydrogens is 580 g/mol. The van der Waals surface area contributed by atoms with Crippen LogP contribution >= 0.6 is 0 Å². The SMILES string of the molecule is COC(=O)N[C@H](C(=O)N1C[C@H](OCc2ccccc2)C[C@H]1C(=O)N1C[C@@]2(C[C@H]1C(C)=N)Oc1cccnc1NC2=O)C(C)(C)C. The fraction of sp³-hybridized carbons (Fsp3) is 0.500. The van der Waals surface area contributed by atoms with Crippen molar-refractivity contribution in [3.63, 3.8) is 0 Å². The highest BCUT2D eigenvalue weighted by Crippen LogP contribution is 2.40. The Morgan fingerprint density at radius 2 is 1.89 bits per heavy atom. The third-order valence-corrected chi connectivity index (χ3v) is 8.55. The van der Waals surface area contributed by atoms with E-state index in [-0.39, 0.29) is 38.2 Å². The number of likely N-dealkylation sites (tertiary alicyclic amines) is 2. The van der Waals surface area contributed by atoms with E-state index in [1.165, 1.54) is 23.1 Å². The van der Waals surface area contributed by atoms with Gasteiger partial charge in [0, 0.05) is 31.3 Å². The number of hydrogen-bond acceptors (Lipinski definition) is 9. The van der Waals surface area contributed by atoms with Crippen molar-refractivity contribution in [1.82, 2.24) is 20.1 Å². The summed E-state index contributed by atoms with van der Waals surface area (Å²) >= 11 is 0. The molecule has 5 atom stereocenters. The number of fused-ring (bicyclic) bond motifs is 1. The zero-order valence-corrected chi connectivity index (χ0v) is 26.2. The molecule has 3 aliphatic rings. The number of benzene rings is 1. The first-order chi connectivity index (χ1) is 21.3. The lowest BCUT2D eigenvalue weighted by Crippen LogP contribution is -2.59. The van der Waals surface area contributed by atoms with Crippen LogP contribution in [0.2, 0.25) is 0 Å². The smallest absolute Gasteiger partial charge is 0.407 e. The highest BCUT2D eigenvalue weighted by molar-refractivity contribution is 6.03. The van der Waals surface area contributed by atoms with Gasteiger partial charge in [0.05, 0.1) is 32.4 Å². The van der Waals surface area contributed by atoms with Gasteiger partial charge < -0.3 is 40.1 Å². The predicted octanol–water partition coefficient (Wildman–Crippen LogP) is 2.75. The van der Waals surface area contributed by atoms with Crippen molar-refractivity contribution in [1.29, 1.82) is 5.41 Å². The normalized spacial score (nSPS) is 24.8. The van der Waals surface area contributed by atoms with Crippen molar-refractivity contribution in [2.24, 2.45) is 5.41 Å². The number of hydrogen-bond donors (Lipinski definition) is 3. The van der Waals surface area contributed by atoms with E-state index < -0.39 is 59.1 Å². The van der Waals surface area contributed by atoms with E-state index >= 15 is 0 Å². The highest BCUT2D eigenvalue weighted by Gasteiger charge is 2.58. The number of methoxy groups -OCH3 is 1. The third kappa shape index (κ3) is 6.48. The zero-order valence-electron chi connectivity index (χ0n) is 26.2. The fourth-order valence-corrected chi connectivity index (χ4v) is 6.14. The zero-order chi connectivity index (χ0) is 32.5. The molecule has 0 saturated carbocycles. The van der Waals surface area contributed by atoms with Crippen molar-refractivity contribution in [3.8, 4) is 5.75 Å². The molecule has 13 nitrogen and oxygen atoms in total. The molecule has 4 amide bonds. The maximum atomic E-state index is 14.5. The molecule has 2 aromatic rings. The lowest BCUT2D eigenvalue weighted by Gasteiger charge is -2.37. The first-order valence-electron chi connectivity index (χ1n) is 14.9. The Morgan fingerprint density at radius 3 is 2.56 bits per heavy atom. The van der Waals surface area contributed by atoms with Crippen LogP contribution in [0.4, 0.5) is 10.6 Å². The summed E-state index contributed by atoms with van der Waals surface area (Å²) in [6.07, 6.45) is 0.553. The number of ether oxygens (including phenoxy) is 3. The highest BCUT2D eigenvalue weighted by atomic mass is 16.5. The average Bonchev–Trinajstić information content (AvgIpc) is 3.62. The van der Waals surface area contributed by atoms with Crippen molar-refractivity contribution >= 4 is 35.3 Å². The number of anilines is 1. The van der Waals surface area contributed by atoms with Gasteiger partial charge in [0.25, 0.3) is 5.91 Å². The molecule has 3 N–H and O–H groups in total. The second-order valence-electron chi connectivity index (χ2n) is 12.9. The van der Waals surface area contributed by atoms with Crippen LogP contribution in [0.1, 0.15) is 46.1 Å². The standard InChI is InChI=1S/C32H40N6O7/c1-19(33)23-15-32(29(41)36-26-24(45-32)12-9-13-34-26)18-38(23)27(39)22-14-21(44-17-20-10-7-6-8-11-20)16-37(22)28(40)25(31(2,3)4)35-30(42)43-5/h6-13,21-23,25,33H,14-18H2,1-5H3,(H,35,42)(H,34,36,41)/t21-,22+,23+,25-,32-/m1/s1. The minimum Gasteiger partial charge on any atom is -0.472 e. The quantitative estimate of drug-likeness (QED) is 0.398. The Balaban J connectivity index is 1.44. The summed E-state index contributed by atoms with van der Waals surface area (Å²) in [5, 5.41) is 13.9. The van der Waals surface area contributed by atoms with Gasteiger partial charge in [0.1, 0.15) is 12.1 Å². The van der Waals surface area contributed by atoms with Gasteiger partial charge in [0.15, 0.2) is 11.6 Å². The molecule has 4 heterocycles. The Hall–Kier alpha value is -4.52. The van der Waals surface area contributed by atoms with Gasteiger partial charge in [0.2, 0.25) is 17.4 Å². The summed E-state index contributed by atoms with van der Waals surface area (Å²) in [6.45, 7) is 7.29. The molecule has 1 spiro atoms. The molecule has 0 radical (unpaired) electrons. The summed E-state index contributed by atoms with van der Waals surface area (Å²) in [4.78, 5) is 61.4. The van der Waals surface area contributed by atoms with Gasteiger partial charge in [-0.05, 0) is 30.0 Å². The number of aromatic nitrogens is 1. The molecule has 45 heavy (non-hydrogen) atoms. The minimum atomic E-state index is -1.43. The molecule has 2 fully saturated rings. The monoisotopic (exact) mass is 620 g/mol. The summed E-state index contributed by atoms with van der Waals surface area (Å²) in [6, 6.07) is 10.2. The lowest BCUT2D eigenvalue weighted by molar-refractivity contribution is -0.147. The first-order valence-corrected chi connectivity index (χ1v) is 14.9. The van der Waals surface area contributed by atoms with E-state index in [4.69, 9.17) is 19.6 Å². The summed E-state index contributed by atoms with van der Waals surface area (Å²) < 4.78 is 17.2. The van der Waals surface area contributed by atoms with Crippen LogP contribution in [0.3, 0.4) is 0 Å². The molecule has 0 bridgehead atoms. The molecule has 2 saturated heterocycles. The van der Waals surface area contributed by atoms with Crippen LogP contribution < -0.4 is 15.4 Å². The van der Waals surface area contributed by atoms with Crippen LogP contribution in [0.25, 0.3) is 0 Å². The Bertz CT molecular complexity index is 1480. The molecule has 13 heteroatoms. The number of amides is 4. The second kappa shape index (κ2) is 12.5. The summed E-state index contributed by atoms with van der Waals surface area (Å²) in [5.74, 6) is -0.670. The maximum Gasteiger partial charge on any atom is 0.407 e. The molecule has 1 aromatic carbocycles. The van der Waals surface area contributed by atoms with Gasteiger partial charge >= 0.3 is 6.09 Å². The van der Waals surface area contributed by atoms with Gasteiger partial charge in [-0.15, -0.1) is 0 Å². The van der Waals surface area contributed by atoms with E-state index in [9.17, 15) is 19.2 Å². The van der Waals surface area contributed by atoms with Crippen LogP contribution in [0.5, 0.6) is 5.75 Å². The lowest BCUT2D eigenvalue weighted by atomic mass is 9.85. The summed E-state index contributed by atoms with van der Waals surface area (Å²) in [5.41, 5.74) is -1.03. The van der Waals surface area contributed by atoms with Crippen molar-refractivity contribution in [3.05, 3.63) is 54.2 Å². The molecular formula is C32H40N6O7. The van der Waals surface area contributed by atoms with Gasteiger partial charge in [-0.25, -0.2) is 9.78 Å². The van der Waals surface area contributed by atoms with E-state index in [1.54, 1.807) is 19.1 Å². The molecule has 0 unspecified atom stereocenters. The van der Waals surface area contributed by atoms with Crippen LogP contribution in [0.15, 0.2) is 48.7 Å². The van der Waals surface area contributed by atoms with Crippen molar-refractivity contribution in [2.45, 2.75) is 77.0 Å². The van der Waals surface area contributed by atoms with E-state index in [2.05, 4.69) is 15.6 Å². The third-order valence-electron chi connectivity index (χ3n) is 8.55. The molecule has 3 aliphatic heterocycles. The van der Waals surface area contributed by atoms with Crippen LogP contribution in [-0.2, 0) is 30.5 Å². The van der Waals surface area contributed by atoms with Gasteiger partial charge in [-0.3, -0.25) is 14.4 Å². The number of rotatable bonds is 7. The predicted molar refractivity (Wildman–Crippen MR) is 164 cm³/mol. The first kappa shape index (κ1) is 31.9. The largest absolute Gasteiger partial charge is 0.472 e. The Morgan fingerprint density at radius 1 is 1.16 bits per heavy atom. The Labute approximate surface area is 262 Å². The number of nitrogens with one attached hydrogen (secondary N) is 3. The Kier molecular flexibility index (Phi) is 8.83. The minimum absolute atomic E-state index is 0.0668. The molecule has 1 aromatic heterocycles. The van der Waals surface area contributed by atoms with Gasteiger partial charge in [-0.1, -0.05) is 51.1 Å². The second-order valence-corrected chi connectivity index (χ2v) is 12.9. The average molecular weight is 621 g/mol. The molecule has 5 rings (SSSR count). The fourth-order valence-electron chi connectivity index (χ4n) is 6.14. The van der Waals surface area contributed by atoms with Crippen LogP contribution in [0, 0.1) is 10.8 Å². The van der Waals surface area contributed by atoms with Crippen molar-refractivity contribution < 1.29 is 33.4 Å². The van der Waals surface area contributed by atoms with E-state index in [1.807, 2.05) is 51.1 Å². The number of carbonyl (C=O) groups is 4. The number of nitrogens with zero attached hydrogens (tertiary/aromatic N) is 3. The number of alkyl carbamates (subject to hydrolysis) is 1. The molecule has 240 valence electrons. The molecule has 0 aliphatic carbocycles. The van der Waals surface area contributed by atoms with Gasteiger partial charge in [-0.2, -0.15) is 0 Å². The van der Waals surface area contributed by atoms with Crippen LogP contribution in [-0.4, -0.2) is 94.3 Å².